The zero-order chi connectivity index (χ0) is 45.0. The fourth-order valence-electron chi connectivity index (χ4n) is 11.2. The average molecular weight is 864 g/mol. The van der Waals surface area contributed by atoms with Gasteiger partial charge in [0.1, 0.15) is 0 Å². The lowest BCUT2D eigenvalue weighted by Crippen LogP contribution is -2.28. The van der Waals surface area contributed by atoms with Crippen molar-refractivity contribution >= 4 is 49.4 Å². The van der Waals surface area contributed by atoms with E-state index in [0.29, 0.717) is 0 Å². The third-order valence-corrected chi connectivity index (χ3v) is 14.3. The fraction of sp³-hybridized carbons (Fsp3) is 0.0149. The Morgan fingerprint density at radius 3 is 1.56 bits per heavy atom. The molecule has 0 heterocycles. The SMILES string of the molecule is c1ccc(C2(c3ccccc3)c3ccccc3-c3ccc(-c4ccc(N(c5cccc(-c6cccc(-c7cccc8ccccc78)c6)c5)c5cc6ccccc6c6ccccc56)cc4)cc32)cc1. The molecule has 0 bridgehead atoms. The van der Waals surface area contributed by atoms with Gasteiger partial charge in [-0.2, -0.15) is 0 Å². The number of benzene rings is 12. The van der Waals surface area contributed by atoms with Crippen molar-refractivity contribution in [3.63, 3.8) is 0 Å². The smallest absolute Gasteiger partial charge is 0.0713 e. The van der Waals surface area contributed by atoms with E-state index in [-0.39, 0.29) is 0 Å². The highest BCUT2D eigenvalue weighted by Gasteiger charge is 2.46. The molecule has 0 atom stereocenters. The Labute approximate surface area is 397 Å². The highest BCUT2D eigenvalue weighted by molar-refractivity contribution is 6.14. The van der Waals surface area contributed by atoms with E-state index in [2.05, 4.69) is 278 Å². The zero-order valence-corrected chi connectivity index (χ0v) is 37.4. The predicted octanol–water partition coefficient (Wildman–Crippen LogP) is 18.0. The summed E-state index contributed by atoms with van der Waals surface area (Å²) in [5.74, 6) is 0. The molecule has 1 aliphatic rings. The van der Waals surface area contributed by atoms with Crippen molar-refractivity contribution in [2.24, 2.45) is 0 Å². The monoisotopic (exact) mass is 863 g/mol. The first-order chi connectivity index (χ1) is 33.7. The van der Waals surface area contributed by atoms with Crippen LogP contribution in [0.25, 0.3) is 76.8 Å². The lowest BCUT2D eigenvalue weighted by atomic mass is 9.67. The number of nitrogens with zero attached hydrogens (tertiary/aromatic N) is 1. The van der Waals surface area contributed by atoms with Crippen LogP contribution in [-0.2, 0) is 5.41 Å². The molecular weight excluding hydrogens is 819 g/mol. The van der Waals surface area contributed by atoms with Crippen LogP contribution in [0.3, 0.4) is 0 Å². The summed E-state index contributed by atoms with van der Waals surface area (Å²) >= 11 is 0. The molecular formula is C67H45N. The van der Waals surface area contributed by atoms with Crippen molar-refractivity contribution in [2.45, 2.75) is 5.41 Å². The summed E-state index contributed by atoms with van der Waals surface area (Å²) in [5, 5.41) is 7.41. The van der Waals surface area contributed by atoms with Crippen molar-refractivity contribution in [1.29, 1.82) is 0 Å². The molecule has 0 saturated heterocycles. The molecule has 1 nitrogen and oxygen atoms in total. The van der Waals surface area contributed by atoms with Crippen LogP contribution < -0.4 is 4.90 Å². The quantitative estimate of drug-likeness (QED) is 0.138. The molecule has 0 spiro atoms. The molecule has 318 valence electrons. The largest absolute Gasteiger partial charge is 0.310 e. The maximum atomic E-state index is 2.45. The molecule has 13 rings (SSSR count). The molecule has 12 aromatic rings. The molecule has 0 N–H and O–H groups in total. The molecule has 0 fully saturated rings. The van der Waals surface area contributed by atoms with Gasteiger partial charge in [0.15, 0.2) is 0 Å². The lowest BCUT2D eigenvalue weighted by molar-refractivity contribution is 0.769. The summed E-state index contributed by atoms with van der Waals surface area (Å²) in [6.45, 7) is 0. The fourth-order valence-corrected chi connectivity index (χ4v) is 11.2. The van der Waals surface area contributed by atoms with Crippen LogP contribution in [0.2, 0.25) is 0 Å². The van der Waals surface area contributed by atoms with Crippen LogP contribution >= 0.6 is 0 Å². The van der Waals surface area contributed by atoms with Gasteiger partial charge in [-0.1, -0.05) is 231 Å². The van der Waals surface area contributed by atoms with E-state index in [1.54, 1.807) is 0 Å². The van der Waals surface area contributed by atoms with Crippen LogP contribution in [0, 0.1) is 0 Å². The van der Waals surface area contributed by atoms with Gasteiger partial charge in [-0.05, 0) is 136 Å². The van der Waals surface area contributed by atoms with E-state index >= 15 is 0 Å². The van der Waals surface area contributed by atoms with E-state index in [9.17, 15) is 0 Å². The Hall–Kier alpha value is -8.78. The van der Waals surface area contributed by atoms with Crippen molar-refractivity contribution < 1.29 is 0 Å². The first-order valence-electron chi connectivity index (χ1n) is 23.6. The van der Waals surface area contributed by atoms with E-state index in [0.717, 1.165) is 22.6 Å². The number of hydrogen-bond acceptors (Lipinski definition) is 1. The van der Waals surface area contributed by atoms with Crippen LogP contribution in [0.1, 0.15) is 22.3 Å². The summed E-state index contributed by atoms with van der Waals surface area (Å²) in [7, 11) is 0. The van der Waals surface area contributed by atoms with Gasteiger partial charge in [0.2, 0.25) is 0 Å². The van der Waals surface area contributed by atoms with Gasteiger partial charge < -0.3 is 4.90 Å². The van der Waals surface area contributed by atoms with E-state index in [1.165, 1.54) is 93.5 Å². The van der Waals surface area contributed by atoms with Crippen molar-refractivity contribution in [2.75, 3.05) is 4.90 Å². The summed E-state index contributed by atoms with van der Waals surface area (Å²) in [4.78, 5) is 2.45. The van der Waals surface area contributed by atoms with Gasteiger partial charge in [0.05, 0.1) is 11.1 Å². The van der Waals surface area contributed by atoms with Crippen molar-refractivity contribution in [1.82, 2.24) is 0 Å². The molecule has 0 radical (unpaired) electrons. The Morgan fingerprint density at radius 2 is 0.779 bits per heavy atom. The number of anilines is 3. The topological polar surface area (TPSA) is 3.24 Å². The Morgan fingerprint density at radius 1 is 0.250 bits per heavy atom. The van der Waals surface area contributed by atoms with E-state index in [4.69, 9.17) is 0 Å². The molecule has 12 aromatic carbocycles. The van der Waals surface area contributed by atoms with E-state index < -0.39 is 5.41 Å². The molecule has 0 aliphatic heterocycles. The molecule has 0 amide bonds. The minimum absolute atomic E-state index is 0.461. The van der Waals surface area contributed by atoms with Gasteiger partial charge in [0, 0.05) is 16.8 Å². The van der Waals surface area contributed by atoms with Crippen molar-refractivity contribution in [3.05, 3.63) is 295 Å². The van der Waals surface area contributed by atoms with Gasteiger partial charge >= 0.3 is 0 Å². The first kappa shape index (κ1) is 39.6. The summed E-state index contributed by atoms with van der Waals surface area (Å²) < 4.78 is 0. The Balaban J connectivity index is 0.957. The molecule has 1 aliphatic carbocycles. The minimum Gasteiger partial charge on any atom is -0.310 e. The maximum absolute atomic E-state index is 2.45. The second-order valence-corrected chi connectivity index (χ2v) is 18.0. The van der Waals surface area contributed by atoms with Gasteiger partial charge in [-0.15, -0.1) is 0 Å². The second-order valence-electron chi connectivity index (χ2n) is 18.0. The third-order valence-electron chi connectivity index (χ3n) is 14.3. The highest BCUT2D eigenvalue weighted by atomic mass is 15.1. The van der Waals surface area contributed by atoms with Crippen LogP contribution in [0.5, 0.6) is 0 Å². The number of hydrogen-bond donors (Lipinski definition) is 0. The predicted molar refractivity (Wildman–Crippen MR) is 287 cm³/mol. The zero-order valence-electron chi connectivity index (χ0n) is 37.4. The number of fused-ring (bicyclic) bond motifs is 7. The standard InChI is InChI=1S/C67H45N/c1-3-24-53(25-4-1)67(54-26-5-2-6-27-54)64-35-14-13-32-61(64)62-41-38-50(44-65(62)67)46-36-39-55(40-37-46)68(66-45-52-19-8-10-30-59(52)60-31-11-12-33-63(60)66)56-28-16-22-49(43-56)48-21-15-23-51(42-48)58-34-17-20-47-18-7-9-29-57(47)58/h1-45H. The normalized spacial score (nSPS) is 12.5. The molecule has 1 heteroatoms. The van der Waals surface area contributed by atoms with Gasteiger partial charge in [-0.25, -0.2) is 0 Å². The highest BCUT2D eigenvalue weighted by Crippen LogP contribution is 2.57. The van der Waals surface area contributed by atoms with Crippen molar-refractivity contribution in [3.8, 4) is 44.5 Å². The number of rotatable bonds is 8. The Kier molecular flexibility index (Phi) is 9.47. The second kappa shape index (κ2) is 16.3. The van der Waals surface area contributed by atoms with Gasteiger partial charge in [0.25, 0.3) is 0 Å². The minimum atomic E-state index is -0.461. The molecule has 0 saturated carbocycles. The lowest BCUT2D eigenvalue weighted by Gasteiger charge is -2.34. The molecule has 68 heavy (non-hydrogen) atoms. The Bertz CT molecular complexity index is 3800. The first-order valence-corrected chi connectivity index (χ1v) is 23.6. The summed E-state index contributed by atoms with van der Waals surface area (Å²) in [6.07, 6.45) is 0. The molecule has 0 unspecified atom stereocenters. The summed E-state index contributed by atoms with van der Waals surface area (Å²) in [5.41, 5.74) is 17.7. The van der Waals surface area contributed by atoms with Crippen LogP contribution in [0.4, 0.5) is 17.1 Å². The van der Waals surface area contributed by atoms with E-state index in [1.807, 2.05) is 0 Å². The average Bonchev–Trinajstić information content (AvgIpc) is 3.72. The molecule has 0 aromatic heterocycles. The van der Waals surface area contributed by atoms with Gasteiger partial charge in [-0.3, -0.25) is 0 Å². The third kappa shape index (κ3) is 6.39. The maximum Gasteiger partial charge on any atom is 0.0713 e. The summed E-state index contributed by atoms with van der Waals surface area (Å²) in [6, 6.07) is 101. The van der Waals surface area contributed by atoms with Crippen LogP contribution in [-0.4, -0.2) is 0 Å². The van der Waals surface area contributed by atoms with Crippen LogP contribution in [0.15, 0.2) is 273 Å².